The maximum Gasteiger partial charge on any atom is 0.341 e. The van der Waals surface area contributed by atoms with Crippen molar-refractivity contribution in [2.75, 3.05) is 25.2 Å². The van der Waals surface area contributed by atoms with Crippen LogP contribution in [0.5, 0.6) is 11.5 Å². The van der Waals surface area contributed by atoms with Crippen LogP contribution in [-0.4, -0.2) is 37.2 Å². The minimum absolute atomic E-state index is 0.0410. The first-order chi connectivity index (χ1) is 13.1. The number of hydrogen-bond acceptors (Lipinski definition) is 4. The highest BCUT2D eigenvalue weighted by Crippen LogP contribution is 2.30. The Labute approximate surface area is 165 Å². The van der Waals surface area contributed by atoms with E-state index in [9.17, 15) is 9.59 Å². The summed E-state index contributed by atoms with van der Waals surface area (Å²) in [5.74, 6) is -0.653. The van der Waals surface area contributed by atoms with Crippen LogP contribution in [0.3, 0.4) is 0 Å². The number of carboxylic acids is 1. The number of anilines is 1. The number of aliphatic carboxylic acids is 1. The molecule has 2 rings (SSSR count). The van der Waals surface area contributed by atoms with E-state index < -0.39 is 12.6 Å². The molecule has 0 fully saturated rings. The molecule has 6 nitrogen and oxygen atoms in total. The van der Waals surface area contributed by atoms with Crippen LogP contribution in [0.1, 0.15) is 43.6 Å². The summed E-state index contributed by atoms with van der Waals surface area (Å²) in [7, 11) is 1.71. The molecule has 0 radical (unpaired) electrons. The number of benzene rings is 2. The number of amides is 1. The zero-order chi connectivity index (χ0) is 20.9. The van der Waals surface area contributed by atoms with Crippen molar-refractivity contribution in [2.45, 2.75) is 33.1 Å². The molecule has 2 aromatic rings. The SMILES string of the molecule is CCOc1cc(C(=O)N(C)c2ccc(C(C)(C)C)cc2)ccc1OCC(=O)O. The molecule has 150 valence electrons. The Morgan fingerprint density at radius 3 is 2.18 bits per heavy atom. The van der Waals surface area contributed by atoms with Gasteiger partial charge in [-0.25, -0.2) is 4.79 Å². The van der Waals surface area contributed by atoms with Crippen LogP contribution in [0.2, 0.25) is 0 Å². The highest BCUT2D eigenvalue weighted by atomic mass is 16.5. The summed E-state index contributed by atoms with van der Waals surface area (Å²) in [6.45, 7) is 8.11. The molecule has 1 N–H and O–H groups in total. The molecule has 0 heterocycles. The van der Waals surface area contributed by atoms with Gasteiger partial charge in [0.05, 0.1) is 6.61 Å². The average molecular weight is 385 g/mol. The van der Waals surface area contributed by atoms with Gasteiger partial charge in [-0.15, -0.1) is 0 Å². The van der Waals surface area contributed by atoms with Gasteiger partial charge < -0.3 is 19.5 Å². The van der Waals surface area contributed by atoms with E-state index >= 15 is 0 Å². The minimum atomic E-state index is -1.08. The topological polar surface area (TPSA) is 76.1 Å². The molecule has 0 aliphatic heterocycles. The summed E-state index contributed by atoms with van der Waals surface area (Å²) in [5, 5.41) is 8.78. The van der Waals surface area contributed by atoms with Crippen LogP contribution >= 0.6 is 0 Å². The lowest BCUT2D eigenvalue weighted by molar-refractivity contribution is -0.139. The normalized spacial score (nSPS) is 11.0. The van der Waals surface area contributed by atoms with Gasteiger partial charge in [0.15, 0.2) is 18.1 Å². The van der Waals surface area contributed by atoms with E-state index in [2.05, 4.69) is 20.8 Å². The predicted octanol–water partition coefficient (Wildman–Crippen LogP) is 4.12. The fourth-order valence-electron chi connectivity index (χ4n) is 2.66. The highest BCUT2D eigenvalue weighted by molar-refractivity contribution is 6.06. The van der Waals surface area contributed by atoms with Gasteiger partial charge in [-0.05, 0) is 48.2 Å². The largest absolute Gasteiger partial charge is 0.490 e. The molecular weight excluding hydrogens is 358 g/mol. The van der Waals surface area contributed by atoms with Crippen LogP contribution in [0.4, 0.5) is 5.69 Å². The third kappa shape index (κ3) is 5.25. The summed E-state index contributed by atoms with van der Waals surface area (Å²) in [4.78, 5) is 25.2. The van der Waals surface area contributed by atoms with Gasteiger partial charge in [-0.3, -0.25) is 4.79 Å². The number of carbonyl (C=O) groups excluding carboxylic acids is 1. The Kier molecular flexibility index (Phi) is 6.67. The van der Waals surface area contributed by atoms with Crippen molar-refractivity contribution in [1.29, 1.82) is 0 Å². The van der Waals surface area contributed by atoms with Gasteiger partial charge in [0.2, 0.25) is 0 Å². The molecular formula is C22H27NO5. The number of rotatable bonds is 7. The minimum Gasteiger partial charge on any atom is -0.490 e. The lowest BCUT2D eigenvalue weighted by Gasteiger charge is -2.22. The third-order valence-corrected chi connectivity index (χ3v) is 4.27. The van der Waals surface area contributed by atoms with Gasteiger partial charge in [0.25, 0.3) is 5.91 Å². The summed E-state index contributed by atoms with van der Waals surface area (Å²) >= 11 is 0. The van der Waals surface area contributed by atoms with Crippen molar-refractivity contribution >= 4 is 17.6 Å². The standard InChI is InChI=1S/C22H27NO5/c1-6-27-19-13-15(7-12-18(19)28-14-20(24)25)21(26)23(5)17-10-8-16(9-11-17)22(2,3)4/h7-13H,6,14H2,1-5H3,(H,24,25). The smallest absolute Gasteiger partial charge is 0.341 e. The van der Waals surface area contributed by atoms with E-state index in [-0.39, 0.29) is 17.1 Å². The molecule has 0 unspecified atom stereocenters. The monoisotopic (exact) mass is 385 g/mol. The van der Waals surface area contributed by atoms with Crippen LogP contribution in [0, 0.1) is 0 Å². The number of ether oxygens (including phenoxy) is 2. The van der Waals surface area contributed by atoms with Crippen LogP contribution in [0.15, 0.2) is 42.5 Å². The van der Waals surface area contributed by atoms with E-state index in [4.69, 9.17) is 14.6 Å². The Morgan fingerprint density at radius 1 is 1.00 bits per heavy atom. The number of nitrogens with zero attached hydrogens (tertiary/aromatic N) is 1. The van der Waals surface area contributed by atoms with Gasteiger partial charge in [0.1, 0.15) is 0 Å². The Morgan fingerprint density at radius 2 is 1.64 bits per heavy atom. The summed E-state index contributed by atoms with van der Waals surface area (Å²) < 4.78 is 10.7. The van der Waals surface area contributed by atoms with Gasteiger partial charge in [0, 0.05) is 18.3 Å². The second-order valence-corrected chi connectivity index (χ2v) is 7.44. The first-order valence-corrected chi connectivity index (χ1v) is 9.13. The van der Waals surface area contributed by atoms with Gasteiger partial charge >= 0.3 is 5.97 Å². The molecule has 6 heteroatoms. The van der Waals surface area contributed by atoms with Crippen molar-refractivity contribution in [3.63, 3.8) is 0 Å². The van der Waals surface area contributed by atoms with Gasteiger partial charge in [-0.2, -0.15) is 0 Å². The zero-order valence-corrected chi connectivity index (χ0v) is 17.0. The Hall–Kier alpha value is -3.02. The van der Waals surface area contributed by atoms with Crippen molar-refractivity contribution in [3.8, 4) is 11.5 Å². The number of carboxylic acid groups (broad SMARTS) is 1. The third-order valence-electron chi connectivity index (χ3n) is 4.27. The average Bonchev–Trinajstić information content (AvgIpc) is 2.65. The van der Waals surface area contributed by atoms with Crippen LogP contribution < -0.4 is 14.4 Å². The lowest BCUT2D eigenvalue weighted by Crippen LogP contribution is -2.26. The molecule has 0 saturated carbocycles. The van der Waals surface area contributed by atoms with Crippen molar-refractivity contribution in [1.82, 2.24) is 0 Å². The van der Waals surface area contributed by atoms with E-state index in [0.717, 1.165) is 5.69 Å². The lowest BCUT2D eigenvalue weighted by atomic mass is 9.87. The quantitative estimate of drug-likeness (QED) is 0.776. The van der Waals surface area contributed by atoms with Crippen LogP contribution in [0.25, 0.3) is 0 Å². The maximum atomic E-state index is 12.9. The number of hydrogen-bond donors (Lipinski definition) is 1. The summed E-state index contributed by atoms with van der Waals surface area (Å²) in [5.41, 5.74) is 2.44. The Bertz CT molecular complexity index is 837. The molecule has 0 saturated heterocycles. The molecule has 0 aliphatic carbocycles. The fraction of sp³-hybridized carbons (Fsp3) is 0.364. The maximum absolute atomic E-state index is 12.9. The Balaban J connectivity index is 2.24. The molecule has 0 bridgehead atoms. The van der Waals surface area contributed by atoms with E-state index in [1.807, 2.05) is 24.3 Å². The van der Waals surface area contributed by atoms with E-state index in [1.165, 1.54) is 5.56 Å². The number of carbonyl (C=O) groups is 2. The molecule has 28 heavy (non-hydrogen) atoms. The second kappa shape index (κ2) is 8.78. The first kappa shape index (κ1) is 21.3. The summed E-state index contributed by atoms with van der Waals surface area (Å²) in [6, 6.07) is 12.6. The van der Waals surface area contributed by atoms with E-state index in [1.54, 1.807) is 37.1 Å². The molecule has 0 aliphatic rings. The fourth-order valence-corrected chi connectivity index (χ4v) is 2.66. The van der Waals surface area contributed by atoms with Gasteiger partial charge in [-0.1, -0.05) is 32.9 Å². The molecule has 0 atom stereocenters. The van der Waals surface area contributed by atoms with Crippen molar-refractivity contribution in [2.24, 2.45) is 0 Å². The molecule has 1 amide bonds. The molecule has 0 spiro atoms. The zero-order valence-electron chi connectivity index (χ0n) is 17.0. The highest BCUT2D eigenvalue weighted by Gasteiger charge is 2.18. The second-order valence-electron chi connectivity index (χ2n) is 7.44. The van der Waals surface area contributed by atoms with Crippen molar-refractivity contribution in [3.05, 3.63) is 53.6 Å². The summed E-state index contributed by atoms with van der Waals surface area (Å²) in [6.07, 6.45) is 0. The molecule has 0 aromatic heterocycles. The van der Waals surface area contributed by atoms with Crippen molar-refractivity contribution < 1.29 is 24.2 Å². The predicted molar refractivity (Wildman–Crippen MR) is 109 cm³/mol. The van der Waals surface area contributed by atoms with E-state index in [0.29, 0.717) is 17.9 Å². The van der Waals surface area contributed by atoms with Crippen LogP contribution in [-0.2, 0) is 10.2 Å². The first-order valence-electron chi connectivity index (χ1n) is 9.13. The molecule has 2 aromatic carbocycles.